The maximum atomic E-state index is 10.5. The van der Waals surface area contributed by atoms with Crippen LogP contribution in [0.25, 0.3) is 0 Å². The van der Waals surface area contributed by atoms with Crippen LogP contribution in [-0.2, 0) is 9.59 Å². The summed E-state index contributed by atoms with van der Waals surface area (Å²) < 4.78 is 0. The second-order valence-corrected chi connectivity index (χ2v) is 6.21. The van der Waals surface area contributed by atoms with Crippen LogP contribution in [0.5, 0.6) is 0 Å². The van der Waals surface area contributed by atoms with Gasteiger partial charge in [-0.05, 0) is 27.7 Å². The molecule has 0 aliphatic carbocycles. The molecule has 12 heteroatoms. The van der Waals surface area contributed by atoms with Crippen molar-refractivity contribution in [2.75, 3.05) is 13.1 Å². The van der Waals surface area contributed by atoms with Gasteiger partial charge in [0, 0.05) is 13.1 Å². The molecule has 0 saturated carbocycles. The minimum atomic E-state index is -1.00. The Morgan fingerprint density at radius 1 is 0.808 bits per heavy atom. The Bertz CT molecular complexity index is 486. The van der Waals surface area contributed by atoms with E-state index in [0.717, 1.165) is 0 Å². The molecule has 10 N–H and O–H groups in total. The number of aliphatic carboxylic acids is 2. The fourth-order valence-corrected chi connectivity index (χ4v) is 1.37. The van der Waals surface area contributed by atoms with Crippen LogP contribution in [0.3, 0.4) is 0 Å². The van der Waals surface area contributed by atoms with Crippen LogP contribution in [0, 0.1) is 10.8 Å². The lowest BCUT2D eigenvalue weighted by atomic mass is 10.0. The second-order valence-electron chi connectivity index (χ2n) is 6.21. The molecule has 0 aromatic rings. The number of nitrogens with zero attached hydrogens (tertiary/aromatic N) is 2. The summed E-state index contributed by atoms with van der Waals surface area (Å²) in [6, 6.07) is 0. The largest absolute Gasteiger partial charge is 0.481 e. The molecule has 0 amide bonds. The molecule has 0 aliphatic rings. The van der Waals surface area contributed by atoms with E-state index in [1.54, 1.807) is 27.7 Å². The molecule has 0 aliphatic heterocycles. The van der Waals surface area contributed by atoms with Gasteiger partial charge in [-0.1, -0.05) is 0 Å². The molecule has 0 bridgehead atoms. The Labute approximate surface area is 151 Å². The maximum absolute atomic E-state index is 10.5. The monoisotopic (exact) mass is 378 g/mol. The standard InChI is InChI=1S/C14H26N6O4.2H2O/c1-13(2,11(15)17-7-5-9(21)22)19-20-14(3,4)12(16)18-8-6-10(23)24;;/h5-8H2,1-4H3,(H2,15,17)(H2,16,18)(H,21,22)(H,23,24);2*1H2/b20-19+;;. The van der Waals surface area contributed by atoms with Crippen molar-refractivity contribution in [1.82, 2.24) is 10.6 Å². The molecule has 0 fully saturated rings. The first-order valence-electron chi connectivity index (χ1n) is 7.42. The van der Waals surface area contributed by atoms with Gasteiger partial charge < -0.3 is 31.8 Å². The van der Waals surface area contributed by atoms with Crippen LogP contribution < -0.4 is 10.6 Å². The number of carbonyl (C=O) groups is 2. The van der Waals surface area contributed by atoms with Crippen LogP contribution in [0.1, 0.15) is 40.5 Å². The van der Waals surface area contributed by atoms with E-state index in [0.29, 0.717) is 0 Å². The van der Waals surface area contributed by atoms with Crippen LogP contribution in [-0.4, -0.2) is 68.9 Å². The van der Waals surface area contributed by atoms with E-state index < -0.39 is 23.0 Å². The topological polar surface area (TPSA) is 234 Å². The first-order valence-corrected chi connectivity index (χ1v) is 7.42. The number of carboxylic acid groups (broad SMARTS) is 2. The maximum Gasteiger partial charge on any atom is 0.305 e. The molecule has 0 aromatic carbocycles. The average molecular weight is 378 g/mol. The first kappa shape index (κ1) is 28.2. The lowest BCUT2D eigenvalue weighted by Gasteiger charge is -2.25. The van der Waals surface area contributed by atoms with Crippen molar-refractivity contribution in [3.63, 3.8) is 0 Å². The van der Waals surface area contributed by atoms with E-state index >= 15 is 0 Å². The summed E-state index contributed by atoms with van der Waals surface area (Å²) in [5.41, 5.74) is -2.01. The quantitative estimate of drug-likeness (QED) is 0.165. The Balaban J connectivity index is -0.00000264. The zero-order valence-corrected chi connectivity index (χ0v) is 15.4. The van der Waals surface area contributed by atoms with Crippen LogP contribution in [0.15, 0.2) is 10.2 Å². The molecule has 0 radical (unpaired) electrons. The van der Waals surface area contributed by atoms with Gasteiger partial charge in [-0.25, -0.2) is 0 Å². The van der Waals surface area contributed by atoms with Crippen molar-refractivity contribution < 1.29 is 30.8 Å². The molecule has 0 spiro atoms. The van der Waals surface area contributed by atoms with Crippen LogP contribution >= 0.6 is 0 Å². The fourth-order valence-electron chi connectivity index (χ4n) is 1.37. The summed E-state index contributed by atoms with van der Waals surface area (Å²) in [5, 5.41) is 46.5. The summed E-state index contributed by atoms with van der Waals surface area (Å²) >= 11 is 0. The zero-order chi connectivity index (χ0) is 19.0. The molecule has 0 aromatic heterocycles. The SMILES string of the molecule is CC(C)(/N=N/C(C)(C)C(=N)NCCC(=O)O)C(=N)NCCC(=O)O.O.O. The highest BCUT2D eigenvalue weighted by Crippen LogP contribution is 2.16. The first-order chi connectivity index (χ1) is 10.9. The smallest absolute Gasteiger partial charge is 0.305 e. The number of nitrogens with one attached hydrogen (secondary N) is 4. The second kappa shape index (κ2) is 11.9. The highest BCUT2D eigenvalue weighted by atomic mass is 16.4. The van der Waals surface area contributed by atoms with Crippen molar-refractivity contribution in [1.29, 1.82) is 10.8 Å². The average Bonchev–Trinajstić information content (AvgIpc) is 2.44. The summed E-state index contributed by atoms with van der Waals surface area (Å²) in [7, 11) is 0. The van der Waals surface area contributed by atoms with E-state index in [4.69, 9.17) is 21.0 Å². The number of hydrogen-bond acceptors (Lipinski definition) is 6. The van der Waals surface area contributed by atoms with Crippen LogP contribution in [0.2, 0.25) is 0 Å². The van der Waals surface area contributed by atoms with Gasteiger partial charge in [0.05, 0.1) is 12.8 Å². The third-order valence-electron chi connectivity index (χ3n) is 3.05. The predicted molar refractivity (Wildman–Crippen MR) is 96.2 cm³/mol. The summed E-state index contributed by atoms with van der Waals surface area (Å²) in [5.74, 6) is -1.88. The number of rotatable bonds is 10. The summed E-state index contributed by atoms with van der Waals surface area (Å²) in [4.78, 5) is 20.9. The van der Waals surface area contributed by atoms with Gasteiger partial charge in [0.25, 0.3) is 0 Å². The van der Waals surface area contributed by atoms with Crippen molar-refractivity contribution in [3.8, 4) is 0 Å². The number of amidine groups is 2. The van der Waals surface area contributed by atoms with E-state index in [1.807, 2.05) is 0 Å². The molecule has 0 atom stereocenters. The van der Waals surface area contributed by atoms with Crippen molar-refractivity contribution in [3.05, 3.63) is 0 Å². The third kappa shape index (κ3) is 11.0. The van der Waals surface area contributed by atoms with Gasteiger partial charge in [0.2, 0.25) is 0 Å². The van der Waals surface area contributed by atoms with E-state index in [-0.39, 0.29) is 48.6 Å². The molecule has 0 rings (SSSR count). The van der Waals surface area contributed by atoms with E-state index in [2.05, 4.69) is 20.9 Å². The molecule has 0 saturated heterocycles. The summed E-state index contributed by atoms with van der Waals surface area (Å²) in [6.45, 7) is 6.80. The van der Waals surface area contributed by atoms with E-state index in [1.165, 1.54) is 0 Å². The highest BCUT2D eigenvalue weighted by molar-refractivity contribution is 5.89. The third-order valence-corrected chi connectivity index (χ3v) is 3.05. The van der Waals surface area contributed by atoms with E-state index in [9.17, 15) is 9.59 Å². The molecule has 12 nitrogen and oxygen atoms in total. The van der Waals surface area contributed by atoms with Gasteiger partial charge in [0.1, 0.15) is 22.7 Å². The molecular weight excluding hydrogens is 348 g/mol. The summed E-state index contributed by atoms with van der Waals surface area (Å²) in [6.07, 6.45) is -0.224. The van der Waals surface area contributed by atoms with Gasteiger partial charge >= 0.3 is 11.9 Å². The molecule has 0 unspecified atom stereocenters. The number of carboxylic acids is 2. The van der Waals surface area contributed by atoms with Gasteiger partial charge in [-0.2, -0.15) is 10.2 Å². The van der Waals surface area contributed by atoms with Gasteiger partial charge in [0.15, 0.2) is 0 Å². The zero-order valence-electron chi connectivity index (χ0n) is 15.4. The Hall–Kier alpha value is -2.60. The van der Waals surface area contributed by atoms with Gasteiger partial charge in [-0.3, -0.25) is 20.4 Å². The highest BCUT2D eigenvalue weighted by Gasteiger charge is 2.28. The molecule has 152 valence electrons. The minimum Gasteiger partial charge on any atom is -0.481 e. The number of azo groups is 1. The number of hydrogen-bond donors (Lipinski definition) is 6. The fraction of sp³-hybridized carbons (Fsp3) is 0.714. The Kier molecular flexibility index (Phi) is 12.9. The lowest BCUT2D eigenvalue weighted by Crippen LogP contribution is -2.43. The predicted octanol–water partition coefficient (Wildman–Crippen LogP) is -0.570. The molecule has 26 heavy (non-hydrogen) atoms. The lowest BCUT2D eigenvalue weighted by molar-refractivity contribution is -0.137. The molecular formula is C14H30N6O6. The Morgan fingerprint density at radius 3 is 1.31 bits per heavy atom. The minimum absolute atomic E-state index is 0. The van der Waals surface area contributed by atoms with Gasteiger partial charge in [-0.15, -0.1) is 0 Å². The normalized spacial score (nSPS) is 11.1. The van der Waals surface area contributed by atoms with Crippen molar-refractivity contribution in [2.45, 2.75) is 51.6 Å². The van der Waals surface area contributed by atoms with Crippen molar-refractivity contribution >= 4 is 23.6 Å². The molecule has 0 heterocycles. The van der Waals surface area contributed by atoms with Crippen LogP contribution in [0.4, 0.5) is 0 Å². The van der Waals surface area contributed by atoms with Crippen molar-refractivity contribution in [2.24, 2.45) is 10.2 Å². The Morgan fingerprint density at radius 2 is 1.08 bits per heavy atom.